The fraction of sp³-hybridized carbons (Fsp3) is 0.429. The molecule has 1 fully saturated rings. The minimum atomic E-state index is -0.378. The van der Waals surface area contributed by atoms with Crippen LogP contribution in [0.5, 0.6) is 0 Å². The van der Waals surface area contributed by atoms with E-state index < -0.39 is 0 Å². The van der Waals surface area contributed by atoms with Crippen LogP contribution in [-0.4, -0.2) is 47.6 Å². The minimum absolute atomic E-state index is 0.00232. The molecule has 5 nitrogen and oxygen atoms in total. The van der Waals surface area contributed by atoms with Gasteiger partial charge in [-0.1, -0.05) is 42.5 Å². The van der Waals surface area contributed by atoms with Crippen LogP contribution in [0, 0.1) is 0 Å². The molecule has 138 valence electrons. The van der Waals surface area contributed by atoms with E-state index in [2.05, 4.69) is 29.6 Å². The number of fused-ring (bicyclic) bond motifs is 1. The van der Waals surface area contributed by atoms with E-state index in [1.807, 2.05) is 18.2 Å². The highest BCUT2D eigenvalue weighted by atomic mass is 16.3. The van der Waals surface area contributed by atoms with Gasteiger partial charge in [-0.3, -0.25) is 9.59 Å². The molecule has 1 saturated heterocycles. The molecule has 1 atom stereocenters. The predicted octanol–water partition coefficient (Wildman–Crippen LogP) is 2.26. The van der Waals surface area contributed by atoms with E-state index >= 15 is 0 Å². The standard InChI is InChI=1S/C21H26N2O3/c1-23(13-14-24)20(26)10-12-21(11-9-19(25)22-21)15-17-7-4-6-16-5-2-3-8-18(16)17/h2-8,24H,9-15H2,1H3,(H,22,25). The molecule has 0 saturated carbocycles. The third-order valence-electron chi connectivity index (χ3n) is 5.32. The quantitative estimate of drug-likeness (QED) is 0.801. The van der Waals surface area contributed by atoms with Gasteiger partial charge < -0.3 is 15.3 Å². The highest BCUT2D eigenvalue weighted by Crippen LogP contribution is 2.32. The van der Waals surface area contributed by atoms with Crippen LogP contribution in [0.3, 0.4) is 0 Å². The Morgan fingerprint density at radius 1 is 1.23 bits per heavy atom. The van der Waals surface area contributed by atoms with E-state index in [1.54, 1.807) is 11.9 Å². The van der Waals surface area contributed by atoms with Gasteiger partial charge in [0.05, 0.1) is 6.61 Å². The molecule has 2 amide bonds. The lowest BCUT2D eigenvalue weighted by atomic mass is 9.83. The smallest absolute Gasteiger partial charge is 0.222 e. The summed E-state index contributed by atoms with van der Waals surface area (Å²) in [6, 6.07) is 14.5. The lowest BCUT2D eigenvalue weighted by molar-refractivity contribution is -0.131. The molecule has 0 aromatic heterocycles. The van der Waals surface area contributed by atoms with Crippen molar-refractivity contribution >= 4 is 22.6 Å². The topological polar surface area (TPSA) is 69.6 Å². The number of rotatable bonds is 7. The van der Waals surface area contributed by atoms with Crippen LogP contribution in [0.15, 0.2) is 42.5 Å². The number of aliphatic hydroxyl groups is 1. The fourth-order valence-corrected chi connectivity index (χ4v) is 3.81. The van der Waals surface area contributed by atoms with Crippen LogP contribution in [-0.2, 0) is 16.0 Å². The normalized spacial score (nSPS) is 19.5. The monoisotopic (exact) mass is 354 g/mol. The van der Waals surface area contributed by atoms with E-state index in [-0.39, 0.29) is 24.0 Å². The van der Waals surface area contributed by atoms with Gasteiger partial charge in [0.1, 0.15) is 0 Å². The number of nitrogens with one attached hydrogen (secondary N) is 1. The van der Waals surface area contributed by atoms with Crippen LogP contribution in [0.25, 0.3) is 10.8 Å². The average molecular weight is 354 g/mol. The SMILES string of the molecule is CN(CCO)C(=O)CCC1(Cc2cccc3ccccc23)CCC(=O)N1. The van der Waals surface area contributed by atoms with Crippen molar-refractivity contribution in [2.24, 2.45) is 0 Å². The molecule has 1 aliphatic rings. The van der Waals surface area contributed by atoms with E-state index in [1.165, 1.54) is 16.3 Å². The van der Waals surface area contributed by atoms with Gasteiger partial charge in [0.25, 0.3) is 0 Å². The summed E-state index contributed by atoms with van der Waals surface area (Å²) in [4.78, 5) is 25.8. The van der Waals surface area contributed by atoms with Gasteiger partial charge in [-0.2, -0.15) is 0 Å². The van der Waals surface area contributed by atoms with E-state index in [0.717, 1.165) is 12.8 Å². The molecular weight excluding hydrogens is 328 g/mol. The molecule has 1 unspecified atom stereocenters. The van der Waals surface area contributed by atoms with Gasteiger partial charge in [-0.05, 0) is 35.6 Å². The Kier molecular flexibility index (Phi) is 5.57. The Labute approximate surface area is 154 Å². The van der Waals surface area contributed by atoms with Gasteiger partial charge in [-0.25, -0.2) is 0 Å². The third-order valence-corrected chi connectivity index (χ3v) is 5.32. The van der Waals surface area contributed by atoms with Crippen molar-refractivity contribution in [1.29, 1.82) is 0 Å². The Balaban J connectivity index is 1.79. The Bertz CT molecular complexity index is 799. The van der Waals surface area contributed by atoms with Gasteiger partial charge in [-0.15, -0.1) is 0 Å². The van der Waals surface area contributed by atoms with Crippen molar-refractivity contribution < 1.29 is 14.7 Å². The van der Waals surface area contributed by atoms with Crippen molar-refractivity contribution in [3.8, 4) is 0 Å². The zero-order valence-electron chi connectivity index (χ0n) is 15.2. The van der Waals surface area contributed by atoms with Gasteiger partial charge in [0, 0.05) is 32.0 Å². The zero-order chi connectivity index (χ0) is 18.6. The van der Waals surface area contributed by atoms with Crippen LogP contribution < -0.4 is 5.32 Å². The molecule has 26 heavy (non-hydrogen) atoms. The number of benzene rings is 2. The molecular formula is C21H26N2O3. The molecule has 1 aliphatic heterocycles. The van der Waals surface area contributed by atoms with Crippen molar-refractivity contribution in [2.75, 3.05) is 20.2 Å². The van der Waals surface area contributed by atoms with Crippen molar-refractivity contribution in [1.82, 2.24) is 10.2 Å². The first-order chi connectivity index (χ1) is 12.5. The number of hydrogen-bond donors (Lipinski definition) is 2. The number of amides is 2. The summed E-state index contributed by atoms with van der Waals surface area (Å²) in [6.45, 7) is 0.293. The zero-order valence-corrected chi connectivity index (χ0v) is 15.2. The molecule has 2 aromatic rings. The second kappa shape index (κ2) is 7.87. The molecule has 0 aliphatic carbocycles. The average Bonchev–Trinajstić information content (AvgIpc) is 3.01. The molecule has 3 rings (SSSR count). The lowest BCUT2D eigenvalue weighted by Gasteiger charge is -2.30. The fourth-order valence-electron chi connectivity index (χ4n) is 3.81. The number of aliphatic hydroxyl groups excluding tert-OH is 1. The Hall–Kier alpha value is -2.40. The second-order valence-corrected chi connectivity index (χ2v) is 7.18. The minimum Gasteiger partial charge on any atom is -0.395 e. The number of carbonyl (C=O) groups excluding carboxylic acids is 2. The summed E-state index contributed by atoms with van der Waals surface area (Å²) in [5.41, 5.74) is 0.818. The predicted molar refractivity (Wildman–Crippen MR) is 102 cm³/mol. The van der Waals surface area contributed by atoms with Crippen molar-refractivity contribution in [2.45, 2.75) is 37.6 Å². The number of carbonyl (C=O) groups is 2. The third kappa shape index (κ3) is 4.05. The second-order valence-electron chi connectivity index (χ2n) is 7.18. The van der Waals surface area contributed by atoms with Gasteiger partial charge in [0.15, 0.2) is 0 Å². The van der Waals surface area contributed by atoms with E-state index in [0.29, 0.717) is 25.8 Å². The highest BCUT2D eigenvalue weighted by molar-refractivity contribution is 5.86. The molecule has 5 heteroatoms. The molecule has 0 bridgehead atoms. The Morgan fingerprint density at radius 3 is 2.73 bits per heavy atom. The maximum absolute atomic E-state index is 12.3. The van der Waals surface area contributed by atoms with Crippen LogP contribution in [0.2, 0.25) is 0 Å². The molecule has 1 heterocycles. The summed E-state index contributed by atoms with van der Waals surface area (Å²) >= 11 is 0. The summed E-state index contributed by atoms with van der Waals surface area (Å²) in [5, 5.41) is 14.5. The van der Waals surface area contributed by atoms with Crippen molar-refractivity contribution in [3.05, 3.63) is 48.0 Å². The lowest BCUT2D eigenvalue weighted by Crippen LogP contribution is -2.44. The Morgan fingerprint density at radius 2 is 2.00 bits per heavy atom. The molecule has 0 radical (unpaired) electrons. The van der Waals surface area contributed by atoms with Gasteiger partial charge >= 0.3 is 0 Å². The summed E-state index contributed by atoms with van der Waals surface area (Å²) in [6.07, 6.45) is 2.94. The van der Waals surface area contributed by atoms with Crippen LogP contribution in [0.1, 0.15) is 31.2 Å². The maximum Gasteiger partial charge on any atom is 0.222 e. The summed E-state index contributed by atoms with van der Waals surface area (Å²) < 4.78 is 0. The summed E-state index contributed by atoms with van der Waals surface area (Å²) in [7, 11) is 1.70. The number of nitrogens with zero attached hydrogens (tertiary/aromatic N) is 1. The first kappa shape index (κ1) is 18.4. The maximum atomic E-state index is 12.3. The van der Waals surface area contributed by atoms with E-state index in [9.17, 15) is 9.59 Å². The first-order valence-corrected chi connectivity index (χ1v) is 9.15. The largest absolute Gasteiger partial charge is 0.395 e. The first-order valence-electron chi connectivity index (χ1n) is 9.15. The highest BCUT2D eigenvalue weighted by Gasteiger charge is 2.38. The summed E-state index contributed by atoms with van der Waals surface area (Å²) in [5.74, 6) is 0.0545. The number of likely N-dealkylation sites (N-methyl/N-ethyl adjacent to an activating group) is 1. The van der Waals surface area contributed by atoms with E-state index in [4.69, 9.17) is 5.11 Å². The molecule has 2 N–H and O–H groups in total. The molecule has 2 aromatic carbocycles. The van der Waals surface area contributed by atoms with Crippen LogP contribution in [0.4, 0.5) is 0 Å². The molecule has 0 spiro atoms. The van der Waals surface area contributed by atoms with Gasteiger partial charge in [0.2, 0.25) is 11.8 Å². The number of hydrogen-bond acceptors (Lipinski definition) is 3. The van der Waals surface area contributed by atoms with Crippen molar-refractivity contribution in [3.63, 3.8) is 0 Å². The van der Waals surface area contributed by atoms with Crippen LogP contribution >= 0.6 is 0 Å².